The zero-order valence-corrected chi connectivity index (χ0v) is 27.5. The third-order valence-electron chi connectivity index (χ3n) is 8.77. The summed E-state index contributed by atoms with van der Waals surface area (Å²) in [5.74, 6) is -0.666. The van der Waals surface area contributed by atoms with Crippen LogP contribution in [0.15, 0.2) is 0 Å². The topological polar surface area (TPSA) is 60.8 Å². The van der Waals surface area contributed by atoms with Gasteiger partial charge in [0.15, 0.2) is 0 Å². The number of carboxylic acids is 1. The van der Waals surface area contributed by atoms with E-state index in [9.17, 15) is 9.90 Å². The average Bonchev–Trinajstić information content (AvgIpc) is 2.94. The molecule has 1 atom stereocenters. The number of aliphatic hydroxyl groups excluding tert-OH is 1. The van der Waals surface area contributed by atoms with E-state index in [0.29, 0.717) is 12.5 Å². The molecular formula is C36H73NO3. The van der Waals surface area contributed by atoms with Gasteiger partial charge in [-0.3, -0.25) is 9.69 Å². The van der Waals surface area contributed by atoms with Crippen LogP contribution in [0.1, 0.15) is 200 Å². The van der Waals surface area contributed by atoms with Gasteiger partial charge in [0.2, 0.25) is 0 Å². The highest BCUT2D eigenvalue weighted by atomic mass is 16.4. The Labute approximate surface area is 251 Å². The van der Waals surface area contributed by atoms with E-state index in [-0.39, 0.29) is 6.61 Å². The molecule has 40 heavy (non-hydrogen) atoms. The van der Waals surface area contributed by atoms with E-state index in [4.69, 9.17) is 5.11 Å². The summed E-state index contributed by atoms with van der Waals surface area (Å²) in [5, 5.41) is 18.7. The van der Waals surface area contributed by atoms with Gasteiger partial charge in [0, 0.05) is 19.0 Å². The summed E-state index contributed by atoms with van der Waals surface area (Å²) >= 11 is 0. The van der Waals surface area contributed by atoms with Gasteiger partial charge in [0.1, 0.15) is 0 Å². The Balaban J connectivity index is 4.35. The normalized spacial score (nSPS) is 12.4. The Morgan fingerprint density at radius 1 is 0.500 bits per heavy atom. The quantitative estimate of drug-likeness (QED) is 0.0759. The Morgan fingerprint density at radius 3 is 1.23 bits per heavy atom. The highest BCUT2D eigenvalue weighted by Gasteiger charge is 2.17. The lowest BCUT2D eigenvalue weighted by atomic mass is 9.98. The van der Waals surface area contributed by atoms with Crippen molar-refractivity contribution in [3.8, 4) is 0 Å². The fourth-order valence-electron chi connectivity index (χ4n) is 6.15. The molecule has 2 N–H and O–H groups in total. The molecule has 0 aromatic heterocycles. The van der Waals surface area contributed by atoms with E-state index >= 15 is 0 Å². The van der Waals surface area contributed by atoms with Crippen molar-refractivity contribution in [3.05, 3.63) is 0 Å². The summed E-state index contributed by atoms with van der Waals surface area (Å²) in [6.07, 6.45) is 37.2. The molecule has 0 aliphatic heterocycles. The van der Waals surface area contributed by atoms with Crippen molar-refractivity contribution in [1.29, 1.82) is 0 Å². The minimum absolute atomic E-state index is 0.274. The van der Waals surface area contributed by atoms with Gasteiger partial charge in [-0.2, -0.15) is 0 Å². The first-order chi connectivity index (χ1) is 19.7. The predicted molar refractivity (Wildman–Crippen MR) is 175 cm³/mol. The van der Waals surface area contributed by atoms with Crippen molar-refractivity contribution in [2.75, 3.05) is 19.7 Å². The largest absolute Gasteiger partial charge is 0.481 e. The van der Waals surface area contributed by atoms with Crippen molar-refractivity contribution >= 4 is 5.97 Å². The Morgan fingerprint density at radius 2 is 0.850 bits per heavy atom. The van der Waals surface area contributed by atoms with Gasteiger partial charge in [0.05, 0.1) is 6.61 Å². The minimum Gasteiger partial charge on any atom is -0.481 e. The zero-order valence-electron chi connectivity index (χ0n) is 27.5. The van der Waals surface area contributed by atoms with Crippen LogP contribution in [-0.2, 0) is 4.79 Å². The summed E-state index contributed by atoms with van der Waals surface area (Å²) in [4.78, 5) is 13.3. The van der Waals surface area contributed by atoms with E-state index in [0.717, 1.165) is 32.4 Å². The van der Waals surface area contributed by atoms with Gasteiger partial charge in [-0.15, -0.1) is 0 Å². The molecule has 0 aliphatic rings. The van der Waals surface area contributed by atoms with Crippen LogP contribution in [0.5, 0.6) is 0 Å². The number of carboxylic acid groups (broad SMARTS) is 1. The second-order valence-corrected chi connectivity index (χ2v) is 12.6. The van der Waals surface area contributed by atoms with Crippen LogP contribution in [0.4, 0.5) is 0 Å². The first-order valence-corrected chi connectivity index (χ1v) is 18.2. The van der Waals surface area contributed by atoms with Crippen LogP contribution in [-0.4, -0.2) is 46.8 Å². The molecule has 1 unspecified atom stereocenters. The standard InChI is InChI=1S/C36H73NO3/c1-3-5-7-9-11-13-15-17-21-25-29-35(30-26-22-18-19-23-27-31-36(39)40)37(33-34-38)32-28-24-20-16-14-12-10-8-6-4-2/h35,38H,3-34H2,1-2H3,(H,39,40). The lowest BCUT2D eigenvalue weighted by Crippen LogP contribution is -2.38. The van der Waals surface area contributed by atoms with E-state index in [1.807, 2.05) is 0 Å². The van der Waals surface area contributed by atoms with Crippen LogP contribution in [0.25, 0.3) is 0 Å². The first kappa shape index (κ1) is 39.4. The molecule has 4 nitrogen and oxygen atoms in total. The zero-order chi connectivity index (χ0) is 29.4. The third-order valence-corrected chi connectivity index (χ3v) is 8.77. The Bertz CT molecular complexity index is 498. The third kappa shape index (κ3) is 28.9. The second kappa shape index (κ2) is 32.9. The highest BCUT2D eigenvalue weighted by Crippen LogP contribution is 2.20. The molecule has 0 rings (SSSR count). The van der Waals surface area contributed by atoms with Crippen LogP contribution in [0.2, 0.25) is 0 Å². The number of unbranched alkanes of at least 4 members (excludes halogenated alkanes) is 23. The Kier molecular flexibility index (Phi) is 32.4. The number of aliphatic hydroxyl groups is 1. The molecular weight excluding hydrogens is 494 g/mol. The van der Waals surface area contributed by atoms with Crippen molar-refractivity contribution in [1.82, 2.24) is 4.90 Å². The van der Waals surface area contributed by atoms with Crippen LogP contribution in [0.3, 0.4) is 0 Å². The molecule has 0 saturated heterocycles. The fourth-order valence-corrected chi connectivity index (χ4v) is 6.15. The smallest absolute Gasteiger partial charge is 0.303 e. The van der Waals surface area contributed by atoms with Gasteiger partial charge >= 0.3 is 5.97 Å². The van der Waals surface area contributed by atoms with Gasteiger partial charge < -0.3 is 10.2 Å². The maximum absolute atomic E-state index is 10.7. The summed E-state index contributed by atoms with van der Waals surface area (Å²) in [5.41, 5.74) is 0. The van der Waals surface area contributed by atoms with Crippen LogP contribution in [0, 0.1) is 0 Å². The molecule has 0 amide bonds. The van der Waals surface area contributed by atoms with Crippen LogP contribution >= 0.6 is 0 Å². The number of rotatable bonds is 34. The van der Waals surface area contributed by atoms with Gasteiger partial charge in [-0.05, 0) is 32.2 Å². The number of hydrogen-bond acceptors (Lipinski definition) is 3. The summed E-state index contributed by atoms with van der Waals surface area (Å²) in [6.45, 7) is 6.83. The molecule has 0 aliphatic carbocycles. The molecule has 0 aromatic rings. The lowest BCUT2D eigenvalue weighted by molar-refractivity contribution is -0.137. The number of hydrogen-bond donors (Lipinski definition) is 2. The van der Waals surface area contributed by atoms with E-state index in [2.05, 4.69) is 18.7 Å². The van der Waals surface area contributed by atoms with Gasteiger partial charge in [-0.1, -0.05) is 168 Å². The highest BCUT2D eigenvalue weighted by molar-refractivity contribution is 5.66. The fraction of sp³-hybridized carbons (Fsp3) is 0.972. The molecule has 0 bridgehead atoms. The van der Waals surface area contributed by atoms with E-state index in [1.165, 1.54) is 161 Å². The van der Waals surface area contributed by atoms with Gasteiger partial charge in [0.25, 0.3) is 0 Å². The molecule has 240 valence electrons. The monoisotopic (exact) mass is 568 g/mol. The number of nitrogens with zero attached hydrogens (tertiary/aromatic N) is 1. The maximum Gasteiger partial charge on any atom is 0.303 e. The lowest BCUT2D eigenvalue weighted by Gasteiger charge is -2.32. The first-order valence-electron chi connectivity index (χ1n) is 18.2. The molecule has 0 saturated carbocycles. The maximum atomic E-state index is 10.7. The Hall–Kier alpha value is -0.610. The SMILES string of the molecule is CCCCCCCCCCCCC(CCCCCCCCC(=O)O)N(CCO)CCCCCCCCCCCC. The van der Waals surface area contributed by atoms with E-state index in [1.54, 1.807) is 0 Å². The molecule has 0 fully saturated rings. The molecule has 4 heteroatoms. The molecule has 0 spiro atoms. The van der Waals surface area contributed by atoms with Crippen molar-refractivity contribution in [2.45, 2.75) is 206 Å². The summed E-state index contributed by atoms with van der Waals surface area (Å²) < 4.78 is 0. The predicted octanol–water partition coefficient (Wildman–Crippen LogP) is 11.1. The van der Waals surface area contributed by atoms with E-state index < -0.39 is 5.97 Å². The summed E-state index contributed by atoms with van der Waals surface area (Å²) in [7, 11) is 0. The van der Waals surface area contributed by atoms with Crippen molar-refractivity contribution in [3.63, 3.8) is 0 Å². The molecule has 0 heterocycles. The second-order valence-electron chi connectivity index (χ2n) is 12.6. The van der Waals surface area contributed by atoms with Crippen molar-refractivity contribution < 1.29 is 15.0 Å². The molecule has 0 radical (unpaired) electrons. The average molecular weight is 568 g/mol. The van der Waals surface area contributed by atoms with Gasteiger partial charge in [-0.25, -0.2) is 0 Å². The number of aliphatic carboxylic acids is 1. The van der Waals surface area contributed by atoms with Crippen LogP contribution < -0.4 is 0 Å². The van der Waals surface area contributed by atoms with Crippen molar-refractivity contribution in [2.24, 2.45) is 0 Å². The summed E-state index contributed by atoms with van der Waals surface area (Å²) in [6, 6.07) is 0.617. The molecule has 0 aromatic carbocycles. The minimum atomic E-state index is -0.666. The number of carbonyl (C=O) groups is 1.